The van der Waals surface area contributed by atoms with Crippen molar-refractivity contribution in [2.24, 2.45) is 0 Å². The number of hydrogen-bond acceptors (Lipinski definition) is 3. The third kappa shape index (κ3) is 3.20. The quantitative estimate of drug-likeness (QED) is 0.774. The van der Waals surface area contributed by atoms with Crippen molar-refractivity contribution in [3.63, 3.8) is 0 Å². The summed E-state index contributed by atoms with van der Waals surface area (Å²) in [4.78, 5) is 38.4. The predicted octanol–water partition coefficient (Wildman–Crippen LogP) is 0.222. The fourth-order valence-corrected chi connectivity index (χ4v) is 2.73. The predicted molar refractivity (Wildman–Crippen MR) is 72.5 cm³/mol. The Kier molecular flexibility index (Phi) is 4.46. The molecule has 112 valence electrons. The Labute approximate surface area is 118 Å². The van der Waals surface area contributed by atoms with Gasteiger partial charge < -0.3 is 20.4 Å². The molecular weight excluding hydrogens is 260 g/mol. The highest BCUT2D eigenvalue weighted by molar-refractivity contribution is 5.81. The molecule has 20 heavy (non-hydrogen) atoms. The highest BCUT2D eigenvalue weighted by Gasteiger charge is 2.28. The Morgan fingerprint density at radius 1 is 0.950 bits per heavy atom. The number of amides is 4. The molecule has 0 saturated carbocycles. The lowest BCUT2D eigenvalue weighted by molar-refractivity contribution is -0.130. The number of rotatable bonds is 4. The van der Waals surface area contributed by atoms with Crippen LogP contribution in [0.1, 0.15) is 39.5 Å². The van der Waals surface area contributed by atoms with E-state index in [1.807, 2.05) is 0 Å². The monoisotopic (exact) mass is 282 g/mol. The standard InChI is InChI=1S/C13H22N4O3/c1-9(16-7-3-5-11(16)18)14-13(20)15-10(2)17-8-4-6-12(17)19/h9-10H,3-8H2,1-2H3,(H2,14,15,20). The maximum atomic E-state index is 11.9. The van der Waals surface area contributed by atoms with E-state index >= 15 is 0 Å². The molecule has 2 atom stereocenters. The van der Waals surface area contributed by atoms with Gasteiger partial charge in [0.25, 0.3) is 0 Å². The zero-order valence-corrected chi connectivity index (χ0v) is 12.0. The molecule has 2 N–H and O–H groups in total. The van der Waals surface area contributed by atoms with Gasteiger partial charge in [-0.25, -0.2) is 4.79 Å². The largest absolute Gasteiger partial charge is 0.323 e. The molecule has 2 saturated heterocycles. The Bertz CT molecular complexity index is 376. The minimum atomic E-state index is -0.357. The normalized spacial score (nSPS) is 22.1. The van der Waals surface area contributed by atoms with Crippen LogP contribution in [0.2, 0.25) is 0 Å². The van der Waals surface area contributed by atoms with Gasteiger partial charge in [0.05, 0.1) is 0 Å². The summed E-state index contributed by atoms with van der Waals surface area (Å²) in [6, 6.07) is -0.357. The van der Waals surface area contributed by atoms with E-state index in [4.69, 9.17) is 0 Å². The Hall–Kier alpha value is -1.79. The van der Waals surface area contributed by atoms with Gasteiger partial charge in [-0.2, -0.15) is 0 Å². The molecule has 2 aliphatic heterocycles. The molecular formula is C13H22N4O3. The number of likely N-dealkylation sites (tertiary alicyclic amines) is 2. The number of urea groups is 1. The summed E-state index contributed by atoms with van der Waals surface area (Å²) in [6.07, 6.45) is 2.12. The topological polar surface area (TPSA) is 81.8 Å². The van der Waals surface area contributed by atoms with Crippen LogP contribution in [0.15, 0.2) is 0 Å². The van der Waals surface area contributed by atoms with Crippen LogP contribution in [0.3, 0.4) is 0 Å². The maximum absolute atomic E-state index is 11.9. The van der Waals surface area contributed by atoms with Gasteiger partial charge >= 0.3 is 6.03 Å². The number of hydrogen-bond donors (Lipinski definition) is 2. The zero-order chi connectivity index (χ0) is 14.7. The molecule has 0 aromatic rings. The van der Waals surface area contributed by atoms with Crippen molar-refractivity contribution in [1.29, 1.82) is 0 Å². The summed E-state index contributed by atoms with van der Waals surface area (Å²) in [5.41, 5.74) is 0. The number of nitrogens with one attached hydrogen (secondary N) is 2. The van der Waals surface area contributed by atoms with Gasteiger partial charge in [-0.3, -0.25) is 9.59 Å². The first-order valence-corrected chi connectivity index (χ1v) is 7.15. The fourth-order valence-electron chi connectivity index (χ4n) is 2.73. The van der Waals surface area contributed by atoms with E-state index in [1.54, 1.807) is 23.6 Å². The molecule has 0 spiro atoms. The molecule has 0 bridgehead atoms. The van der Waals surface area contributed by atoms with E-state index in [0.29, 0.717) is 25.9 Å². The highest BCUT2D eigenvalue weighted by atomic mass is 16.2. The molecule has 0 radical (unpaired) electrons. The average Bonchev–Trinajstić information content (AvgIpc) is 2.97. The second-order valence-electron chi connectivity index (χ2n) is 5.35. The molecule has 7 heteroatoms. The number of carbonyl (C=O) groups excluding carboxylic acids is 3. The first-order chi connectivity index (χ1) is 9.49. The molecule has 2 unspecified atom stereocenters. The van der Waals surface area contributed by atoms with Crippen molar-refractivity contribution in [2.45, 2.75) is 51.9 Å². The summed E-state index contributed by atoms with van der Waals surface area (Å²) in [5, 5.41) is 5.48. The van der Waals surface area contributed by atoms with Crippen molar-refractivity contribution in [2.75, 3.05) is 13.1 Å². The fraction of sp³-hybridized carbons (Fsp3) is 0.769. The van der Waals surface area contributed by atoms with E-state index in [0.717, 1.165) is 12.8 Å². The molecule has 2 aliphatic rings. The van der Waals surface area contributed by atoms with Crippen LogP contribution >= 0.6 is 0 Å². The second kappa shape index (κ2) is 6.11. The van der Waals surface area contributed by atoms with Crippen LogP contribution in [0.25, 0.3) is 0 Å². The van der Waals surface area contributed by atoms with Crippen molar-refractivity contribution < 1.29 is 14.4 Å². The zero-order valence-electron chi connectivity index (χ0n) is 12.0. The summed E-state index contributed by atoms with van der Waals surface area (Å²) in [7, 11) is 0. The van der Waals surface area contributed by atoms with E-state index in [9.17, 15) is 14.4 Å². The van der Waals surface area contributed by atoms with Gasteiger partial charge in [0.1, 0.15) is 12.3 Å². The number of nitrogens with zero attached hydrogens (tertiary/aromatic N) is 2. The van der Waals surface area contributed by atoms with Gasteiger partial charge in [0.15, 0.2) is 0 Å². The van der Waals surface area contributed by atoms with Gasteiger partial charge in [0.2, 0.25) is 11.8 Å². The van der Waals surface area contributed by atoms with Gasteiger partial charge in [-0.05, 0) is 26.7 Å². The highest BCUT2D eigenvalue weighted by Crippen LogP contribution is 2.13. The minimum Gasteiger partial charge on any atom is -0.323 e. The van der Waals surface area contributed by atoms with Crippen LogP contribution in [0.5, 0.6) is 0 Å². The first-order valence-electron chi connectivity index (χ1n) is 7.15. The Morgan fingerprint density at radius 2 is 1.35 bits per heavy atom. The molecule has 2 rings (SSSR count). The Morgan fingerprint density at radius 3 is 1.65 bits per heavy atom. The smallest absolute Gasteiger partial charge is 0.317 e. The molecule has 7 nitrogen and oxygen atoms in total. The van der Waals surface area contributed by atoms with Crippen molar-refractivity contribution in [3.05, 3.63) is 0 Å². The third-order valence-electron chi connectivity index (χ3n) is 3.83. The van der Waals surface area contributed by atoms with Crippen molar-refractivity contribution in [3.8, 4) is 0 Å². The van der Waals surface area contributed by atoms with Crippen LogP contribution in [-0.4, -0.2) is 53.1 Å². The lowest BCUT2D eigenvalue weighted by Gasteiger charge is -2.28. The Balaban J connectivity index is 1.79. The summed E-state index contributed by atoms with van der Waals surface area (Å²) >= 11 is 0. The van der Waals surface area contributed by atoms with E-state index in [2.05, 4.69) is 10.6 Å². The van der Waals surface area contributed by atoms with Gasteiger partial charge in [-0.15, -0.1) is 0 Å². The SMILES string of the molecule is CC(NC(=O)NC(C)N1CCCC1=O)N1CCCC1=O. The lowest BCUT2D eigenvalue weighted by Crippen LogP contribution is -2.55. The molecule has 2 fully saturated rings. The van der Waals surface area contributed by atoms with Gasteiger partial charge in [0, 0.05) is 25.9 Å². The van der Waals surface area contributed by atoms with Crippen molar-refractivity contribution in [1.82, 2.24) is 20.4 Å². The molecule has 0 aliphatic carbocycles. The summed E-state index contributed by atoms with van der Waals surface area (Å²) < 4.78 is 0. The minimum absolute atomic E-state index is 0.0700. The van der Waals surface area contributed by atoms with E-state index < -0.39 is 0 Å². The van der Waals surface area contributed by atoms with Crippen LogP contribution in [-0.2, 0) is 9.59 Å². The first kappa shape index (κ1) is 14.6. The molecule has 2 heterocycles. The van der Waals surface area contributed by atoms with Crippen LogP contribution < -0.4 is 10.6 Å². The van der Waals surface area contributed by atoms with Gasteiger partial charge in [-0.1, -0.05) is 0 Å². The summed E-state index contributed by atoms with van der Waals surface area (Å²) in [5.74, 6) is 0.140. The van der Waals surface area contributed by atoms with Crippen LogP contribution in [0.4, 0.5) is 4.79 Å². The van der Waals surface area contributed by atoms with Crippen molar-refractivity contribution >= 4 is 17.8 Å². The summed E-state index contributed by atoms with van der Waals surface area (Å²) in [6.45, 7) is 4.93. The van der Waals surface area contributed by atoms with Crippen LogP contribution in [0, 0.1) is 0 Å². The van der Waals surface area contributed by atoms with E-state index in [1.165, 1.54) is 0 Å². The molecule has 4 amide bonds. The lowest BCUT2D eigenvalue weighted by atomic mass is 10.4. The second-order valence-corrected chi connectivity index (χ2v) is 5.35. The number of carbonyl (C=O) groups is 3. The maximum Gasteiger partial charge on any atom is 0.317 e. The third-order valence-corrected chi connectivity index (χ3v) is 3.83. The average molecular weight is 282 g/mol. The molecule has 0 aromatic heterocycles. The van der Waals surface area contributed by atoms with E-state index in [-0.39, 0.29) is 30.2 Å². The molecule has 0 aromatic carbocycles.